The van der Waals surface area contributed by atoms with E-state index in [1.807, 2.05) is 19.9 Å². The smallest absolute Gasteiger partial charge is 0.270 e. The van der Waals surface area contributed by atoms with Gasteiger partial charge in [-0.2, -0.15) is 5.26 Å². The SMILES string of the molecule is CCCCCCCCN1C(=O)C(=Cc2c(C)c(C#N)c(=O)n(C)c2N2CC(C)OC(C)C2)SC1=S. The molecule has 0 spiro atoms. The number of anilines is 1. The molecule has 2 aliphatic heterocycles. The Labute approximate surface area is 218 Å². The first-order chi connectivity index (χ1) is 16.7. The molecule has 35 heavy (non-hydrogen) atoms. The van der Waals surface area contributed by atoms with Gasteiger partial charge in [-0.05, 0) is 38.8 Å². The Morgan fingerprint density at radius 3 is 2.40 bits per heavy atom. The van der Waals surface area contributed by atoms with E-state index in [2.05, 4.69) is 17.9 Å². The van der Waals surface area contributed by atoms with Crippen LogP contribution in [0.2, 0.25) is 0 Å². The molecule has 0 aromatic carbocycles. The summed E-state index contributed by atoms with van der Waals surface area (Å²) in [5.41, 5.74) is 1.06. The number of pyridine rings is 1. The van der Waals surface area contributed by atoms with Crippen molar-refractivity contribution in [3.8, 4) is 6.07 Å². The van der Waals surface area contributed by atoms with Crippen LogP contribution in [-0.4, -0.2) is 51.5 Å². The Hall–Kier alpha value is -2.15. The second-order valence-electron chi connectivity index (χ2n) is 9.48. The fourth-order valence-electron chi connectivity index (χ4n) is 4.82. The minimum absolute atomic E-state index is 0.00631. The van der Waals surface area contributed by atoms with E-state index >= 15 is 0 Å². The predicted octanol–water partition coefficient (Wildman–Crippen LogP) is 4.74. The van der Waals surface area contributed by atoms with Gasteiger partial charge in [0.25, 0.3) is 11.5 Å². The zero-order valence-corrected chi connectivity index (χ0v) is 23.1. The quantitative estimate of drug-likeness (QED) is 0.266. The topological polar surface area (TPSA) is 78.6 Å². The van der Waals surface area contributed by atoms with Crippen LogP contribution in [0.25, 0.3) is 6.08 Å². The predicted molar refractivity (Wildman–Crippen MR) is 147 cm³/mol. The van der Waals surface area contributed by atoms with E-state index in [1.54, 1.807) is 18.9 Å². The molecule has 3 rings (SSSR count). The Morgan fingerprint density at radius 2 is 1.77 bits per heavy atom. The summed E-state index contributed by atoms with van der Waals surface area (Å²) in [7, 11) is 1.68. The number of nitriles is 1. The average Bonchev–Trinajstić information content (AvgIpc) is 3.06. The molecule has 0 N–H and O–H groups in total. The molecule has 0 bridgehead atoms. The number of hydrogen-bond donors (Lipinski definition) is 0. The lowest BCUT2D eigenvalue weighted by atomic mass is 10.0. The molecule has 7 nitrogen and oxygen atoms in total. The monoisotopic (exact) mass is 516 g/mol. The van der Waals surface area contributed by atoms with Crippen LogP contribution in [0.1, 0.15) is 76.0 Å². The van der Waals surface area contributed by atoms with Gasteiger partial charge < -0.3 is 9.64 Å². The van der Waals surface area contributed by atoms with Gasteiger partial charge in [0.15, 0.2) is 0 Å². The van der Waals surface area contributed by atoms with Crippen molar-refractivity contribution in [1.82, 2.24) is 9.47 Å². The van der Waals surface area contributed by atoms with Crippen LogP contribution >= 0.6 is 24.0 Å². The van der Waals surface area contributed by atoms with E-state index in [1.165, 1.54) is 42.0 Å². The molecule has 2 fully saturated rings. The summed E-state index contributed by atoms with van der Waals surface area (Å²) >= 11 is 6.83. The number of amides is 1. The number of aromatic nitrogens is 1. The molecule has 0 aliphatic carbocycles. The minimum atomic E-state index is -0.334. The second kappa shape index (κ2) is 12.2. The van der Waals surface area contributed by atoms with Crippen LogP contribution in [0.15, 0.2) is 9.70 Å². The largest absolute Gasteiger partial charge is 0.372 e. The van der Waals surface area contributed by atoms with Crippen molar-refractivity contribution in [2.45, 2.75) is 78.4 Å². The summed E-state index contributed by atoms with van der Waals surface area (Å²) in [5, 5.41) is 9.69. The fourth-order valence-corrected chi connectivity index (χ4v) is 6.11. The molecule has 2 aliphatic rings. The number of unbranched alkanes of at least 4 members (excludes halogenated alkanes) is 5. The van der Waals surface area contributed by atoms with Crippen LogP contribution in [0.3, 0.4) is 0 Å². The number of thiocarbonyl (C=S) groups is 1. The highest BCUT2D eigenvalue weighted by Crippen LogP contribution is 2.36. The summed E-state index contributed by atoms with van der Waals surface area (Å²) in [4.78, 5) is 30.6. The Morgan fingerprint density at radius 1 is 1.14 bits per heavy atom. The lowest BCUT2D eigenvalue weighted by Gasteiger charge is -2.38. The summed E-state index contributed by atoms with van der Waals surface area (Å²) in [6.45, 7) is 9.83. The van der Waals surface area contributed by atoms with Crippen LogP contribution in [-0.2, 0) is 16.6 Å². The number of nitrogens with zero attached hydrogens (tertiary/aromatic N) is 4. The maximum absolute atomic E-state index is 13.3. The molecule has 2 unspecified atom stereocenters. The molecule has 190 valence electrons. The van der Waals surface area contributed by atoms with Crippen molar-refractivity contribution in [3.05, 3.63) is 31.9 Å². The molecule has 2 atom stereocenters. The summed E-state index contributed by atoms with van der Waals surface area (Å²) in [5.74, 6) is 0.602. The zero-order chi connectivity index (χ0) is 25.7. The summed E-state index contributed by atoms with van der Waals surface area (Å²) in [6.07, 6.45) is 8.67. The van der Waals surface area contributed by atoms with E-state index in [0.717, 1.165) is 12.8 Å². The molecule has 0 saturated carbocycles. The average molecular weight is 517 g/mol. The highest BCUT2D eigenvalue weighted by Gasteiger charge is 2.33. The van der Waals surface area contributed by atoms with Crippen molar-refractivity contribution in [2.24, 2.45) is 7.05 Å². The van der Waals surface area contributed by atoms with Gasteiger partial charge in [0.05, 0.1) is 17.1 Å². The lowest BCUT2D eigenvalue weighted by molar-refractivity contribution is -0.122. The van der Waals surface area contributed by atoms with Gasteiger partial charge in [0.2, 0.25) is 0 Å². The van der Waals surface area contributed by atoms with Gasteiger partial charge in [0, 0.05) is 32.2 Å². The maximum Gasteiger partial charge on any atom is 0.270 e. The van der Waals surface area contributed by atoms with E-state index in [0.29, 0.717) is 45.8 Å². The molecule has 1 aromatic heterocycles. The van der Waals surface area contributed by atoms with Gasteiger partial charge in [-0.15, -0.1) is 0 Å². The van der Waals surface area contributed by atoms with Crippen molar-refractivity contribution in [1.29, 1.82) is 5.26 Å². The molecule has 9 heteroatoms. The standard InChI is InChI=1S/C26H36N4O3S2/c1-6-7-8-9-10-11-12-30-25(32)22(35-26(30)34)13-20-19(4)21(14-27)24(31)28(5)23(20)29-15-17(2)33-18(3)16-29/h13,17-18H,6-12,15-16H2,1-5H3. The van der Waals surface area contributed by atoms with Crippen LogP contribution < -0.4 is 10.5 Å². The summed E-state index contributed by atoms with van der Waals surface area (Å²) < 4.78 is 7.98. The van der Waals surface area contributed by atoms with Crippen molar-refractivity contribution in [2.75, 3.05) is 24.5 Å². The van der Waals surface area contributed by atoms with Crippen LogP contribution in [0.4, 0.5) is 5.82 Å². The Kier molecular flexibility index (Phi) is 9.56. The number of hydrogen-bond acceptors (Lipinski definition) is 7. The first-order valence-corrected chi connectivity index (χ1v) is 13.7. The highest BCUT2D eigenvalue weighted by atomic mass is 32.2. The number of ether oxygens (including phenoxy) is 1. The van der Waals surface area contributed by atoms with Gasteiger partial charge in [0.1, 0.15) is 21.8 Å². The van der Waals surface area contributed by atoms with Crippen molar-refractivity contribution >= 4 is 46.1 Å². The van der Waals surface area contributed by atoms with Crippen LogP contribution in [0.5, 0.6) is 0 Å². The number of morpholine rings is 1. The fraction of sp³-hybridized carbons (Fsp3) is 0.615. The molecule has 1 aromatic rings. The molecule has 2 saturated heterocycles. The summed E-state index contributed by atoms with van der Waals surface area (Å²) in [6, 6.07) is 2.06. The Bertz CT molecular complexity index is 1100. The highest BCUT2D eigenvalue weighted by molar-refractivity contribution is 8.26. The third kappa shape index (κ3) is 6.16. The molecule has 3 heterocycles. The lowest BCUT2D eigenvalue weighted by Crippen LogP contribution is -2.47. The van der Waals surface area contributed by atoms with E-state index in [-0.39, 0.29) is 29.2 Å². The maximum atomic E-state index is 13.3. The Balaban J connectivity index is 1.94. The minimum Gasteiger partial charge on any atom is -0.372 e. The molecular formula is C26H36N4O3S2. The number of rotatable bonds is 9. The number of thioether (sulfide) groups is 1. The molecule has 0 radical (unpaired) electrons. The van der Waals surface area contributed by atoms with Gasteiger partial charge in [-0.3, -0.25) is 19.1 Å². The van der Waals surface area contributed by atoms with Crippen molar-refractivity contribution < 1.29 is 9.53 Å². The van der Waals surface area contributed by atoms with Gasteiger partial charge in [-0.25, -0.2) is 0 Å². The number of carbonyl (C=O) groups excluding carboxylic acids is 1. The first-order valence-electron chi connectivity index (χ1n) is 12.5. The normalized spacial score (nSPS) is 21.8. The first kappa shape index (κ1) is 27.4. The van der Waals surface area contributed by atoms with Crippen LogP contribution in [0, 0.1) is 18.3 Å². The third-order valence-corrected chi connectivity index (χ3v) is 7.95. The second-order valence-corrected chi connectivity index (χ2v) is 11.2. The third-order valence-electron chi connectivity index (χ3n) is 6.57. The number of carbonyl (C=O) groups is 1. The van der Waals surface area contributed by atoms with Crippen molar-refractivity contribution in [3.63, 3.8) is 0 Å². The van der Waals surface area contributed by atoms with Gasteiger partial charge in [-0.1, -0.05) is 63.0 Å². The van der Waals surface area contributed by atoms with E-state index in [4.69, 9.17) is 17.0 Å². The van der Waals surface area contributed by atoms with E-state index < -0.39 is 0 Å². The zero-order valence-electron chi connectivity index (χ0n) is 21.4. The van der Waals surface area contributed by atoms with Gasteiger partial charge >= 0.3 is 0 Å². The molecular weight excluding hydrogens is 480 g/mol. The van der Waals surface area contributed by atoms with E-state index in [9.17, 15) is 14.9 Å². The molecule has 1 amide bonds.